The van der Waals surface area contributed by atoms with Gasteiger partial charge in [-0.2, -0.15) is 0 Å². The molecule has 1 aliphatic heterocycles. The summed E-state index contributed by atoms with van der Waals surface area (Å²) < 4.78 is 48.2. The highest BCUT2D eigenvalue weighted by Gasteiger charge is 2.50. The standard InChI is InChI=1S/C36H41F3N4O5/c1-34(2,3)48-33(46)42-22-35(4,47)19-29(42)32(45)43(28-12-10-24(11-13-28)23-8-6-5-7-9-23)30(25-18-26(37)21-40-20-25)31(44)41-27-14-16-36(38,39)17-15-27/h5-13,18,20-21,27,29-30,47H,14-17,19,22H2,1-4H3,(H,41,44)/t29-,30?,35-/m1/s1. The average molecular weight is 667 g/mol. The molecule has 9 nitrogen and oxygen atoms in total. The van der Waals surface area contributed by atoms with E-state index in [4.69, 9.17) is 4.74 Å². The van der Waals surface area contributed by atoms with E-state index in [0.29, 0.717) is 0 Å². The van der Waals surface area contributed by atoms with E-state index >= 15 is 0 Å². The van der Waals surface area contributed by atoms with Crippen molar-refractivity contribution in [3.63, 3.8) is 0 Å². The highest BCUT2D eigenvalue weighted by atomic mass is 19.3. The molecule has 3 amide bonds. The summed E-state index contributed by atoms with van der Waals surface area (Å²) in [7, 11) is 0. The molecule has 12 heteroatoms. The normalized spacial score (nSPS) is 21.8. The predicted octanol–water partition coefficient (Wildman–Crippen LogP) is 6.42. The van der Waals surface area contributed by atoms with E-state index in [9.17, 15) is 32.7 Å². The van der Waals surface area contributed by atoms with Gasteiger partial charge in [0.15, 0.2) is 0 Å². The number of nitrogens with one attached hydrogen (secondary N) is 1. The van der Waals surface area contributed by atoms with Crippen molar-refractivity contribution >= 4 is 23.6 Å². The number of anilines is 1. The summed E-state index contributed by atoms with van der Waals surface area (Å²) >= 11 is 0. The lowest BCUT2D eigenvalue weighted by Gasteiger charge is -2.37. The van der Waals surface area contributed by atoms with Gasteiger partial charge in [0.25, 0.3) is 5.91 Å². The SMILES string of the molecule is CC(C)(C)OC(=O)N1C[C@](C)(O)C[C@@H]1C(=O)N(c1ccc(-c2ccccc2)cc1)C(C(=O)NC1CCC(F)(F)CC1)c1cncc(F)c1. The summed E-state index contributed by atoms with van der Waals surface area (Å²) in [6, 6.07) is 14.0. The Morgan fingerprint density at radius 3 is 2.25 bits per heavy atom. The fourth-order valence-electron chi connectivity index (χ4n) is 6.27. The van der Waals surface area contributed by atoms with E-state index in [-0.39, 0.29) is 37.1 Å². The van der Waals surface area contributed by atoms with Gasteiger partial charge in [-0.25, -0.2) is 18.0 Å². The molecule has 2 heterocycles. The minimum absolute atomic E-state index is 0.0183. The number of carbonyl (C=O) groups is 3. The first-order chi connectivity index (χ1) is 22.5. The molecule has 3 atom stereocenters. The van der Waals surface area contributed by atoms with Crippen molar-refractivity contribution in [1.29, 1.82) is 0 Å². The molecule has 2 aliphatic rings. The number of alkyl halides is 2. The van der Waals surface area contributed by atoms with Crippen LogP contribution in [0, 0.1) is 5.82 Å². The van der Waals surface area contributed by atoms with Gasteiger partial charge in [-0.15, -0.1) is 0 Å². The second kappa shape index (κ2) is 13.6. The van der Waals surface area contributed by atoms with Crippen molar-refractivity contribution in [1.82, 2.24) is 15.2 Å². The number of β-amino-alcohol motifs (C(OH)–C–C–N with tert-alkyl or cyclic N) is 1. The third kappa shape index (κ3) is 8.33. The Labute approximate surface area is 278 Å². The molecule has 48 heavy (non-hydrogen) atoms. The number of amides is 3. The molecule has 1 saturated carbocycles. The molecular formula is C36H41F3N4O5. The number of hydrogen-bond acceptors (Lipinski definition) is 6. The van der Waals surface area contributed by atoms with Gasteiger partial charge in [0.05, 0.1) is 18.3 Å². The third-order valence-electron chi connectivity index (χ3n) is 8.54. The molecule has 1 aromatic heterocycles. The number of aromatic nitrogens is 1. The van der Waals surface area contributed by atoms with E-state index in [1.165, 1.54) is 18.0 Å². The van der Waals surface area contributed by atoms with Crippen LogP contribution >= 0.6 is 0 Å². The van der Waals surface area contributed by atoms with Crippen LogP contribution in [-0.2, 0) is 14.3 Å². The van der Waals surface area contributed by atoms with Crippen LogP contribution in [0.3, 0.4) is 0 Å². The van der Waals surface area contributed by atoms with Crippen LogP contribution < -0.4 is 10.2 Å². The highest BCUT2D eigenvalue weighted by molar-refractivity contribution is 6.05. The molecule has 0 spiro atoms. The summed E-state index contributed by atoms with van der Waals surface area (Å²) in [5.41, 5.74) is -0.368. The number of halogens is 3. The van der Waals surface area contributed by atoms with Crippen LogP contribution in [-0.4, -0.2) is 68.7 Å². The van der Waals surface area contributed by atoms with Gasteiger partial charge in [0, 0.05) is 42.8 Å². The Morgan fingerprint density at radius 2 is 1.65 bits per heavy atom. The smallest absolute Gasteiger partial charge is 0.411 e. The zero-order valence-electron chi connectivity index (χ0n) is 27.5. The van der Waals surface area contributed by atoms with Crippen molar-refractivity contribution in [2.75, 3.05) is 11.4 Å². The lowest BCUT2D eigenvalue weighted by Crippen LogP contribution is -2.54. The van der Waals surface area contributed by atoms with Crippen molar-refractivity contribution in [3.8, 4) is 11.1 Å². The Kier molecular flexibility index (Phi) is 9.87. The Balaban J connectivity index is 1.60. The number of aliphatic hydroxyl groups is 1. The number of ether oxygens (including phenoxy) is 1. The number of rotatable bonds is 7. The Morgan fingerprint density at radius 1 is 1.02 bits per heavy atom. The molecule has 2 fully saturated rings. The first-order valence-corrected chi connectivity index (χ1v) is 16.0. The largest absolute Gasteiger partial charge is 0.444 e. The summed E-state index contributed by atoms with van der Waals surface area (Å²) in [6.45, 7) is 6.31. The molecule has 3 aromatic rings. The highest BCUT2D eigenvalue weighted by Crippen LogP contribution is 2.37. The van der Waals surface area contributed by atoms with E-state index < -0.39 is 71.8 Å². The van der Waals surface area contributed by atoms with Crippen LogP contribution in [0.2, 0.25) is 0 Å². The topological polar surface area (TPSA) is 112 Å². The van der Waals surface area contributed by atoms with E-state index in [0.717, 1.165) is 28.3 Å². The van der Waals surface area contributed by atoms with Crippen molar-refractivity contribution in [2.24, 2.45) is 0 Å². The summed E-state index contributed by atoms with van der Waals surface area (Å²) in [5, 5.41) is 13.9. The molecule has 5 rings (SSSR count). The van der Waals surface area contributed by atoms with Crippen molar-refractivity contribution in [3.05, 3.63) is 84.4 Å². The van der Waals surface area contributed by atoms with Crippen LogP contribution in [0.1, 0.15) is 71.4 Å². The van der Waals surface area contributed by atoms with Gasteiger partial charge in [0.1, 0.15) is 23.5 Å². The van der Waals surface area contributed by atoms with E-state index in [2.05, 4.69) is 10.3 Å². The van der Waals surface area contributed by atoms with Gasteiger partial charge < -0.3 is 15.2 Å². The molecule has 1 saturated heterocycles. The van der Waals surface area contributed by atoms with Crippen molar-refractivity contribution < 1.29 is 37.4 Å². The average Bonchev–Trinajstić information content (AvgIpc) is 3.36. The quantitative estimate of drug-likeness (QED) is 0.301. The minimum atomic E-state index is -2.83. The molecule has 256 valence electrons. The zero-order chi connectivity index (χ0) is 34.9. The second-order valence-corrected chi connectivity index (χ2v) is 13.9. The molecule has 1 unspecified atom stereocenters. The monoisotopic (exact) mass is 666 g/mol. The van der Waals surface area contributed by atoms with Gasteiger partial charge in [-0.05, 0) is 69.9 Å². The molecule has 1 aliphatic carbocycles. The van der Waals surface area contributed by atoms with Crippen LogP contribution in [0.15, 0.2) is 73.1 Å². The maximum atomic E-state index is 14.8. The van der Waals surface area contributed by atoms with Gasteiger partial charge in [0.2, 0.25) is 11.8 Å². The van der Waals surface area contributed by atoms with E-state index in [1.807, 2.05) is 30.3 Å². The second-order valence-electron chi connectivity index (χ2n) is 13.9. The number of pyridine rings is 1. The summed E-state index contributed by atoms with van der Waals surface area (Å²) in [5.74, 6) is -5.05. The van der Waals surface area contributed by atoms with Crippen LogP contribution in [0.25, 0.3) is 11.1 Å². The Bertz CT molecular complexity index is 1620. The maximum Gasteiger partial charge on any atom is 0.411 e. The lowest BCUT2D eigenvalue weighted by atomic mass is 9.91. The Hall–Kier alpha value is -4.45. The van der Waals surface area contributed by atoms with Gasteiger partial charge in [-0.1, -0.05) is 42.5 Å². The number of hydrogen-bond donors (Lipinski definition) is 2. The van der Waals surface area contributed by atoms with Gasteiger partial charge in [-0.3, -0.25) is 24.4 Å². The van der Waals surface area contributed by atoms with Crippen molar-refractivity contribution in [2.45, 2.75) is 95.0 Å². The zero-order valence-corrected chi connectivity index (χ0v) is 27.5. The maximum absolute atomic E-state index is 14.8. The summed E-state index contributed by atoms with van der Waals surface area (Å²) in [4.78, 5) is 48.7. The molecule has 2 aromatic carbocycles. The van der Waals surface area contributed by atoms with E-state index in [1.54, 1.807) is 45.0 Å². The number of nitrogens with zero attached hydrogens (tertiary/aromatic N) is 3. The summed E-state index contributed by atoms with van der Waals surface area (Å²) in [6.07, 6.45) is 0.449. The first-order valence-electron chi connectivity index (χ1n) is 16.0. The number of likely N-dealkylation sites (tertiary alicyclic amines) is 1. The lowest BCUT2D eigenvalue weighted by molar-refractivity contribution is -0.129. The number of carbonyl (C=O) groups excluding carboxylic acids is 3. The van der Waals surface area contributed by atoms with Crippen LogP contribution in [0.5, 0.6) is 0 Å². The molecule has 0 bridgehead atoms. The third-order valence-corrected chi connectivity index (χ3v) is 8.54. The van der Waals surface area contributed by atoms with Gasteiger partial charge >= 0.3 is 6.09 Å². The number of benzene rings is 2. The fraction of sp³-hybridized carbons (Fsp3) is 0.444. The predicted molar refractivity (Wildman–Crippen MR) is 174 cm³/mol. The minimum Gasteiger partial charge on any atom is -0.444 e. The molecular weight excluding hydrogens is 625 g/mol. The molecule has 2 N–H and O–H groups in total. The molecule has 0 radical (unpaired) electrons. The van der Waals surface area contributed by atoms with Crippen LogP contribution in [0.4, 0.5) is 23.7 Å². The fourth-order valence-corrected chi connectivity index (χ4v) is 6.27. The first kappa shape index (κ1) is 34.9.